The Morgan fingerprint density at radius 1 is 1.07 bits per heavy atom. The first-order chi connectivity index (χ1) is 13.2. The van der Waals surface area contributed by atoms with Crippen molar-refractivity contribution in [2.75, 3.05) is 25.5 Å². The first-order valence-corrected chi connectivity index (χ1v) is 9.64. The lowest BCUT2D eigenvalue weighted by molar-refractivity contribution is 0.211. The van der Waals surface area contributed by atoms with E-state index in [1.54, 1.807) is 7.11 Å². The van der Waals surface area contributed by atoms with Gasteiger partial charge in [-0.2, -0.15) is 0 Å². The van der Waals surface area contributed by atoms with Crippen LogP contribution in [0.25, 0.3) is 11.0 Å². The van der Waals surface area contributed by atoms with E-state index in [4.69, 9.17) is 16.3 Å². The maximum Gasteiger partial charge on any atom is 0.172 e. The molecule has 2 aromatic carbocycles. The molecule has 1 fully saturated rings. The number of hydrogen-bond acceptors (Lipinski definition) is 5. The maximum absolute atomic E-state index is 6.39. The number of rotatable bonds is 5. The van der Waals surface area contributed by atoms with Crippen LogP contribution in [0, 0.1) is 0 Å². The minimum atomic E-state index is 0.354. The van der Waals surface area contributed by atoms with Gasteiger partial charge in [0.15, 0.2) is 11.0 Å². The van der Waals surface area contributed by atoms with Gasteiger partial charge < -0.3 is 10.1 Å². The second-order valence-corrected chi connectivity index (χ2v) is 7.23. The third-order valence-corrected chi connectivity index (χ3v) is 5.28. The molecule has 0 amide bonds. The molecule has 5 nitrogen and oxygen atoms in total. The highest BCUT2D eigenvalue weighted by Crippen LogP contribution is 2.28. The number of nitrogens with one attached hydrogen (secondary N) is 1. The number of anilines is 1. The van der Waals surface area contributed by atoms with Gasteiger partial charge in [0.1, 0.15) is 11.3 Å². The van der Waals surface area contributed by atoms with Crippen LogP contribution < -0.4 is 10.1 Å². The van der Waals surface area contributed by atoms with Gasteiger partial charge in [-0.1, -0.05) is 48.0 Å². The topological polar surface area (TPSA) is 50.3 Å². The van der Waals surface area contributed by atoms with Gasteiger partial charge in [0.2, 0.25) is 0 Å². The predicted molar refractivity (Wildman–Crippen MR) is 109 cm³/mol. The van der Waals surface area contributed by atoms with Crippen LogP contribution in [-0.2, 0) is 6.54 Å². The summed E-state index contributed by atoms with van der Waals surface area (Å²) in [6.07, 6.45) is 2.11. The number of nitrogens with zero attached hydrogens (tertiary/aromatic N) is 3. The molecule has 3 aromatic rings. The molecule has 0 saturated carbocycles. The molecule has 140 valence electrons. The molecule has 0 bridgehead atoms. The van der Waals surface area contributed by atoms with E-state index in [0.717, 1.165) is 38.0 Å². The predicted octanol–water partition coefficient (Wildman–Crippen LogP) is 4.37. The van der Waals surface area contributed by atoms with E-state index >= 15 is 0 Å². The lowest BCUT2D eigenvalue weighted by Gasteiger charge is -2.32. The molecule has 6 heteroatoms. The second-order valence-electron chi connectivity index (χ2n) is 6.87. The summed E-state index contributed by atoms with van der Waals surface area (Å²) in [5, 5.41) is 3.88. The zero-order valence-corrected chi connectivity index (χ0v) is 16.1. The number of methoxy groups -OCH3 is 1. The van der Waals surface area contributed by atoms with Crippen molar-refractivity contribution >= 4 is 28.5 Å². The highest BCUT2D eigenvalue weighted by Gasteiger charge is 2.21. The van der Waals surface area contributed by atoms with E-state index in [1.165, 1.54) is 5.56 Å². The average Bonchev–Trinajstić information content (AvgIpc) is 2.70. The van der Waals surface area contributed by atoms with Crippen molar-refractivity contribution in [2.24, 2.45) is 0 Å². The molecule has 1 aromatic heterocycles. The van der Waals surface area contributed by atoms with E-state index in [0.29, 0.717) is 28.3 Å². The number of aromatic nitrogens is 2. The average molecular weight is 383 g/mol. The van der Waals surface area contributed by atoms with Gasteiger partial charge in [-0.3, -0.25) is 4.90 Å². The molecule has 1 N–H and O–H groups in total. The third kappa shape index (κ3) is 4.15. The number of ether oxygens (including phenoxy) is 1. The summed E-state index contributed by atoms with van der Waals surface area (Å²) in [6.45, 7) is 3.11. The summed E-state index contributed by atoms with van der Waals surface area (Å²) in [5.74, 6) is 1.33. The van der Waals surface area contributed by atoms with Crippen LogP contribution in [0.2, 0.25) is 5.15 Å². The van der Waals surface area contributed by atoms with E-state index in [1.807, 2.05) is 18.2 Å². The fraction of sp³-hybridized carbons (Fsp3) is 0.333. The Kier molecular flexibility index (Phi) is 5.41. The number of benzene rings is 2. The number of hydrogen-bond donors (Lipinski definition) is 1. The Hall–Kier alpha value is -2.37. The molecule has 0 atom stereocenters. The van der Waals surface area contributed by atoms with Crippen molar-refractivity contribution in [2.45, 2.75) is 25.4 Å². The maximum atomic E-state index is 6.39. The van der Waals surface area contributed by atoms with Crippen LogP contribution in [-0.4, -0.2) is 41.1 Å². The quantitative estimate of drug-likeness (QED) is 0.710. The summed E-state index contributed by atoms with van der Waals surface area (Å²) in [6, 6.07) is 16.7. The summed E-state index contributed by atoms with van der Waals surface area (Å²) < 4.78 is 5.35. The van der Waals surface area contributed by atoms with Crippen LogP contribution in [0.15, 0.2) is 48.5 Å². The van der Waals surface area contributed by atoms with E-state index in [2.05, 4.69) is 50.5 Å². The highest BCUT2D eigenvalue weighted by molar-refractivity contribution is 6.32. The second kappa shape index (κ2) is 8.11. The first kappa shape index (κ1) is 18.0. The minimum Gasteiger partial charge on any atom is -0.494 e. The number of para-hydroxylation sites is 1. The molecule has 1 saturated heterocycles. The molecule has 0 radical (unpaired) electrons. The first-order valence-electron chi connectivity index (χ1n) is 9.26. The summed E-state index contributed by atoms with van der Waals surface area (Å²) in [4.78, 5) is 11.6. The van der Waals surface area contributed by atoms with Crippen molar-refractivity contribution in [1.82, 2.24) is 14.9 Å². The normalized spacial score (nSPS) is 15.8. The Morgan fingerprint density at radius 2 is 1.85 bits per heavy atom. The molecule has 0 unspecified atom stereocenters. The van der Waals surface area contributed by atoms with Crippen molar-refractivity contribution in [1.29, 1.82) is 0 Å². The van der Waals surface area contributed by atoms with Gasteiger partial charge in [-0.05, 0) is 30.5 Å². The fourth-order valence-corrected chi connectivity index (χ4v) is 3.74. The number of piperidine rings is 1. The highest BCUT2D eigenvalue weighted by atomic mass is 35.5. The van der Waals surface area contributed by atoms with Gasteiger partial charge in [0.25, 0.3) is 0 Å². The van der Waals surface area contributed by atoms with Gasteiger partial charge >= 0.3 is 0 Å². The Balaban J connectivity index is 1.41. The number of fused-ring (bicyclic) bond motifs is 1. The van der Waals surface area contributed by atoms with Gasteiger partial charge in [-0.15, -0.1) is 0 Å². The minimum absolute atomic E-state index is 0.354. The molecular formula is C21H23ClN4O. The van der Waals surface area contributed by atoms with Crippen molar-refractivity contribution in [3.05, 3.63) is 59.2 Å². The summed E-state index contributed by atoms with van der Waals surface area (Å²) in [7, 11) is 1.62. The van der Waals surface area contributed by atoms with Crippen LogP contribution >= 0.6 is 11.6 Å². The smallest absolute Gasteiger partial charge is 0.172 e. The van der Waals surface area contributed by atoms with E-state index in [9.17, 15) is 0 Å². The molecule has 1 aliphatic rings. The van der Waals surface area contributed by atoms with E-state index < -0.39 is 0 Å². The SMILES string of the molecule is COc1cccc2nc(NC3CCN(Cc4ccccc4)CC3)c(Cl)nc12. The Morgan fingerprint density at radius 3 is 2.59 bits per heavy atom. The Bertz CT molecular complexity index is 911. The molecule has 0 spiro atoms. The monoisotopic (exact) mass is 382 g/mol. The van der Waals surface area contributed by atoms with Crippen LogP contribution in [0.4, 0.5) is 5.82 Å². The van der Waals surface area contributed by atoms with Crippen molar-refractivity contribution < 1.29 is 4.74 Å². The molecule has 1 aliphatic heterocycles. The number of likely N-dealkylation sites (tertiary alicyclic amines) is 1. The standard InChI is InChI=1S/C21H23ClN4O/c1-27-18-9-5-8-17-19(18)25-20(22)21(24-17)23-16-10-12-26(13-11-16)14-15-6-3-2-4-7-15/h2-9,16H,10-14H2,1H3,(H,23,24). The van der Waals surface area contributed by atoms with Gasteiger partial charge in [-0.25, -0.2) is 9.97 Å². The number of halogens is 1. The Labute approximate surface area is 164 Å². The van der Waals surface area contributed by atoms with Crippen molar-refractivity contribution in [3.8, 4) is 5.75 Å². The summed E-state index contributed by atoms with van der Waals surface area (Å²) >= 11 is 6.39. The molecule has 4 rings (SSSR count). The molecule has 2 heterocycles. The van der Waals surface area contributed by atoms with E-state index in [-0.39, 0.29) is 0 Å². The largest absolute Gasteiger partial charge is 0.494 e. The van der Waals surface area contributed by atoms with Gasteiger partial charge in [0.05, 0.1) is 12.6 Å². The molecular weight excluding hydrogens is 360 g/mol. The zero-order chi connectivity index (χ0) is 18.6. The van der Waals surface area contributed by atoms with Crippen LogP contribution in [0.1, 0.15) is 18.4 Å². The van der Waals surface area contributed by atoms with Gasteiger partial charge in [0, 0.05) is 25.7 Å². The summed E-state index contributed by atoms with van der Waals surface area (Å²) in [5.41, 5.74) is 2.83. The lowest BCUT2D eigenvalue weighted by atomic mass is 10.0. The fourth-order valence-electron chi connectivity index (χ4n) is 3.56. The molecule has 0 aliphatic carbocycles. The van der Waals surface area contributed by atoms with Crippen molar-refractivity contribution in [3.63, 3.8) is 0 Å². The van der Waals surface area contributed by atoms with Crippen LogP contribution in [0.3, 0.4) is 0 Å². The third-order valence-electron chi connectivity index (χ3n) is 5.01. The lowest BCUT2D eigenvalue weighted by Crippen LogP contribution is -2.38. The van der Waals surface area contributed by atoms with Crippen LogP contribution in [0.5, 0.6) is 5.75 Å². The molecule has 27 heavy (non-hydrogen) atoms. The zero-order valence-electron chi connectivity index (χ0n) is 15.4.